The lowest BCUT2D eigenvalue weighted by Crippen LogP contribution is -2.22. The van der Waals surface area contributed by atoms with Crippen LogP contribution >= 0.6 is 0 Å². The first-order valence-corrected chi connectivity index (χ1v) is 5.87. The number of rotatable bonds is 3. The molecule has 2 saturated carbocycles. The van der Waals surface area contributed by atoms with E-state index in [1.807, 2.05) is 0 Å². The first-order valence-electron chi connectivity index (χ1n) is 5.87. The van der Waals surface area contributed by atoms with Gasteiger partial charge in [0, 0.05) is 18.2 Å². The predicted octanol–water partition coefficient (Wildman–Crippen LogP) is 2.75. The highest BCUT2D eigenvalue weighted by Crippen LogP contribution is 2.37. The molecule has 0 amide bonds. The first kappa shape index (κ1) is 8.51. The van der Waals surface area contributed by atoms with Gasteiger partial charge in [0.1, 0.15) is 6.20 Å². The third-order valence-corrected chi connectivity index (χ3v) is 3.87. The lowest BCUT2D eigenvalue weighted by Gasteiger charge is -2.29. The molecular formula is C12H17N2. The van der Waals surface area contributed by atoms with E-state index in [4.69, 9.17) is 0 Å². The normalized spacial score (nSPS) is 23.1. The Morgan fingerprint density at radius 2 is 2.07 bits per heavy atom. The molecule has 0 unspecified atom stereocenters. The summed E-state index contributed by atoms with van der Waals surface area (Å²) in [6, 6.07) is 2.10. The molecule has 0 spiro atoms. The Balaban J connectivity index is 1.72. The molecule has 3 rings (SSSR count). The average molecular weight is 189 g/mol. The molecule has 0 saturated heterocycles. The van der Waals surface area contributed by atoms with Crippen molar-refractivity contribution in [2.75, 3.05) is 0 Å². The van der Waals surface area contributed by atoms with Crippen molar-refractivity contribution >= 4 is 0 Å². The molecule has 0 aliphatic heterocycles. The maximum absolute atomic E-state index is 4.33. The topological polar surface area (TPSA) is 17.8 Å². The molecule has 2 fully saturated rings. The maximum Gasteiger partial charge on any atom is 0.113 e. The largest absolute Gasteiger partial charge is 0.268 e. The molecule has 1 heterocycles. The van der Waals surface area contributed by atoms with Crippen molar-refractivity contribution in [3.05, 3.63) is 18.0 Å². The second kappa shape index (κ2) is 3.41. The van der Waals surface area contributed by atoms with Crippen LogP contribution in [0, 0.1) is 12.1 Å². The van der Waals surface area contributed by atoms with E-state index in [-0.39, 0.29) is 0 Å². The van der Waals surface area contributed by atoms with E-state index in [0.717, 1.165) is 18.4 Å². The van der Waals surface area contributed by atoms with Crippen molar-refractivity contribution in [2.45, 2.75) is 51.0 Å². The maximum atomic E-state index is 4.33. The number of hydrogen-bond acceptors (Lipinski definition) is 1. The fraction of sp³-hybridized carbons (Fsp3) is 0.750. The van der Waals surface area contributed by atoms with Crippen molar-refractivity contribution in [2.24, 2.45) is 5.92 Å². The molecule has 0 atom stereocenters. The summed E-state index contributed by atoms with van der Waals surface area (Å²) in [5.41, 5.74) is 1.45. The molecule has 0 N–H and O–H groups in total. The summed E-state index contributed by atoms with van der Waals surface area (Å²) in [5.74, 6) is 1.70. The lowest BCUT2D eigenvalue weighted by molar-refractivity contribution is 0.256. The predicted molar refractivity (Wildman–Crippen MR) is 55.0 cm³/mol. The zero-order chi connectivity index (χ0) is 9.38. The van der Waals surface area contributed by atoms with Gasteiger partial charge in [-0.05, 0) is 37.7 Å². The van der Waals surface area contributed by atoms with E-state index in [0.29, 0.717) is 0 Å². The first-order chi connectivity index (χ1) is 6.93. The minimum absolute atomic E-state index is 0.800. The summed E-state index contributed by atoms with van der Waals surface area (Å²) in [6.07, 6.45) is 11.4. The quantitative estimate of drug-likeness (QED) is 0.715. The molecular weight excluding hydrogens is 172 g/mol. The zero-order valence-electron chi connectivity index (χ0n) is 8.58. The van der Waals surface area contributed by atoms with E-state index in [2.05, 4.69) is 22.0 Å². The summed E-state index contributed by atoms with van der Waals surface area (Å²) in [4.78, 5) is 0. The number of hydrogen-bond donors (Lipinski definition) is 0. The van der Waals surface area contributed by atoms with Crippen LogP contribution in [0.15, 0.2) is 6.07 Å². The van der Waals surface area contributed by atoms with Crippen molar-refractivity contribution in [3.8, 4) is 0 Å². The molecule has 0 aromatic carbocycles. The van der Waals surface area contributed by atoms with Gasteiger partial charge in [0.2, 0.25) is 0 Å². The Labute approximate surface area is 85.3 Å². The van der Waals surface area contributed by atoms with Gasteiger partial charge in [-0.15, -0.1) is 0 Å². The smallest absolute Gasteiger partial charge is 0.113 e. The van der Waals surface area contributed by atoms with E-state index in [1.54, 1.807) is 0 Å². The van der Waals surface area contributed by atoms with Gasteiger partial charge >= 0.3 is 0 Å². The van der Waals surface area contributed by atoms with Gasteiger partial charge in [0.05, 0.1) is 0 Å². The highest BCUT2D eigenvalue weighted by molar-refractivity contribution is 5.10. The summed E-state index contributed by atoms with van der Waals surface area (Å²) in [7, 11) is 0. The molecule has 1 aromatic heterocycles. The third kappa shape index (κ3) is 1.37. The third-order valence-electron chi connectivity index (χ3n) is 3.87. The van der Waals surface area contributed by atoms with Crippen LogP contribution in [-0.2, 0) is 6.54 Å². The Morgan fingerprint density at radius 1 is 1.29 bits per heavy atom. The summed E-state index contributed by atoms with van der Waals surface area (Å²) >= 11 is 0. The molecule has 2 nitrogen and oxygen atoms in total. The van der Waals surface area contributed by atoms with Crippen LogP contribution in [0.25, 0.3) is 0 Å². The molecule has 75 valence electrons. The Kier molecular flexibility index (Phi) is 2.07. The van der Waals surface area contributed by atoms with Gasteiger partial charge in [-0.2, -0.15) is 5.10 Å². The van der Waals surface area contributed by atoms with Crippen molar-refractivity contribution in [1.82, 2.24) is 9.78 Å². The molecule has 1 aromatic rings. The van der Waals surface area contributed by atoms with Gasteiger partial charge < -0.3 is 0 Å². The summed E-state index contributed by atoms with van der Waals surface area (Å²) < 4.78 is 2.22. The Hall–Kier alpha value is -0.790. The van der Waals surface area contributed by atoms with Crippen LogP contribution in [-0.4, -0.2) is 9.78 Å². The van der Waals surface area contributed by atoms with Gasteiger partial charge in [0.15, 0.2) is 0 Å². The van der Waals surface area contributed by atoms with Crippen molar-refractivity contribution < 1.29 is 0 Å². The minimum Gasteiger partial charge on any atom is -0.268 e. The van der Waals surface area contributed by atoms with Gasteiger partial charge in [0.25, 0.3) is 0 Å². The second-order valence-corrected chi connectivity index (χ2v) is 4.81. The van der Waals surface area contributed by atoms with Crippen LogP contribution in [0.3, 0.4) is 0 Å². The van der Waals surface area contributed by atoms with Crippen LogP contribution in [0.2, 0.25) is 0 Å². The van der Waals surface area contributed by atoms with Gasteiger partial charge in [-0.25, -0.2) is 0 Å². The van der Waals surface area contributed by atoms with Gasteiger partial charge in [-0.3, -0.25) is 4.68 Å². The Morgan fingerprint density at radius 3 is 2.64 bits per heavy atom. The van der Waals surface area contributed by atoms with E-state index in [9.17, 15) is 0 Å². The monoisotopic (exact) mass is 189 g/mol. The summed E-state index contributed by atoms with van der Waals surface area (Å²) in [5, 5.41) is 4.33. The van der Waals surface area contributed by atoms with E-state index >= 15 is 0 Å². The van der Waals surface area contributed by atoms with Crippen LogP contribution < -0.4 is 0 Å². The standard InChI is InChI=1S/C12H17N2/c1-3-10(4-1)9-14-12(7-8-13-14)11-5-2-6-11/h7,10-11H,1-6,9H2. The fourth-order valence-corrected chi connectivity index (χ4v) is 2.40. The molecule has 2 aliphatic rings. The van der Waals surface area contributed by atoms with Crippen molar-refractivity contribution in [1.29, 1.82) is 0 Å². The zero-order valence-corrected chi connectivity index (χ0v) is 8.58. The molecule has 1 radical (unpaired) electrons. The minimum atomic E-state index is 0.800. The molecule has 14 heavy (non-hydrogen) atoms. The van der Waals surface area contributed by atoms with Crippen LogP contribution in [0.5, 0.6) is 0 Å². The van der Waals surface area contributed by atoms with E-state index in [1.165, 1.54) is 44.2 Å². The number of aromatic nitrogens is 2. The summed E-state index contributed by atoms with van der Waals surface area (Å²) in [6.45, 7) is 1.15. The van der Waals surface area contributed by atoms with E-state index < -0.39 is 0 Å². The van der Waals surface area contributed by atoms with Crippen LogP contribution in [0.4, 0.5) is 0 Å². The SMILES string of the molecule is [c]1cc(C2CCC2)n(CC2CCC2)n1. The lowest BCUT2D eigenvalue weighted by atomic mass is 9.82. The van der Waals surface area contributed by atoms with Crippen molar-refractivity contribution in [3.63, 3.8) is 0 Å². The van der Waals surface area contributed by atoms with Crippen LogP contribution in [0.1, 0.15) is 50.1 Å². The second-order valence-electron chi connectivity index (χ2n) is 4.81. The molecule has 0 bridgehead atoms. The average Bonchev–Trinajstić information content (AvgIpc) is 2.42. The number of nitrogens with zero attached hydrogens (tertiary/aromatic N) is 2. The fourth-order valence-electron chi connectivity index (χ4n) is 2.40. The molecule has 2 heteroatoms. The van der Waals surface area contributed by atoms with Gasteiger partial charge in [-0.1, -0.05) is 12.8 Å². The highest BCUT2D eigenvalue weighted by atomic mass is 15.3. The molecule has 2 aliphatic carbocycles. The highest BCUT2D eigenvalue weighted by Gasteiger charge is 2.25. The Bertz CT molecular complexity index is 308.